The van der Waals surface area contributed by atoms with E-state index in [9.17, 15) is 18.3 Å². The molecule has 0 saturated carbocycles. The van der Waals surface area contributed by atoms with E-state index in [-0.39, 0.29) is 5.92 Å². The second-order valence-corrected chi connectivity index (χ2v) is 4.99. The van der Waals surface area contributed by atoms with Gasteiger partial charge >= 0.3 is 6.18 Å². The van der Waals surface area contributed by atoms with E-state index in [1.54, 1.807) is 0 Å². The molecule has 0 bridgehead atoms. The van der Waals surface area contributed by atoms with Crippen LogP contribution in [0.25, 0.3) is 0 Å². The Morgan fingerprint density at radius 3 is 1.95 bits per heavy atom. The van der Waals surface area contributed by atoms with Crippen molar-refractivity contribution in [1.82, 2.24) is 0 Å². The van der Waals surface area contributed by atoms with Crippen LogP contribution in [-0.2, 0) is 6.18 Å². The van der Waals surface area contributed by atoms with Crippen molar-refractivity contribution in [2.24, 2.45) is 0 Å². The zero-order chi connectivity index (χ0) is 15.5. The lowest BCUT2D eigenvalue weighted by molar-refractivity contribution is -0.137. The van der Waals surface area contributed by atoms with Gasteiger partial charge in [0.1, 0.15) is 0 Å². The Bertz CT molecular complexity index is 561. The number of aliphatic hydroxyl groups excluding tert-OH is 1. The van der Waals surface area contributed by atoms with Crippen LogP contribution in [0.15, 0.2) is 54.6 Å². The van der Waals surface area contributed by atoms with Gasteiger partial charge in [-0.1, -0.05) is 49.4 Å². The van der Waals surface area contributed by atoms with Gasteiger partial charge in [-0.2, -0.15) is 13.2 Å². The van der Waals surface area contributed by atoms with E-state index in [1.165, 1.54) is 12.1 Å². The van der Waals surface area contributed by atoms with Gasteiger partial charge in [0.2, 0.25) is 0 Å². The maximum Gasteiger partial charge on any atom is 0.416 e. The van der Waals surface area contributed by atoms with E-state index in [4.69, 9.17) is 0 Å². The maximum atomic E-state index is 12.5. The minimum atomic E-state index is -4.35. The molecule has 0 heterocycles. The molecule has 0 aromatic heterocycles. The number of hydrogen-bond donors (Lipinski definition) is 1. The Hall–Kier alpha value is -1.81. The number of hydrogen-bond acceptors (Lipinski definition) is 1. The number of benzene rings is 2. The van der Waals surface area contributed by atoms with Crippen molar-refractivity contribution in [2.45, 2.75) is 31.5 Å². The van der Waals surface area contributed by atoms with Gasteiger partial charge in [-0.3, -0.25) is 0 Å². The molecular formula is C17H17F3O. The third-order valence-electron chi connectivity index (χ3n) is 3.63. The highest BCUT2D eigenvalue weighted by Gasteiger charge is 2.30. The van der Waals surface area contributed by atoms with Crippen LogP contribution in [0.2, 0.25) is 0 Å². The summed E-state index contributed by atoms with van der Waals surface area (Å²) in [5.74, 6) is -0.136. The Labute approximate surface area is 122 Å². The van der Waals surface area contributed by atoms with Crippen LogP contribution in [0.5, 0.6) is 0 Å². The molecule has 1 N–H and O–H groups in total. The molecule has 0 saturated heterocycles. The summed E-state index contributed by atoms with van der Waals surface area (Å²) in [5, 5.41) is 10.4. The summed E-state index contributed by atoms with van der Waals surface area (Å²) >= 11 is 0. The van der Waals surface area contributed by atoms with Crippen LogP contribution < -0.4 is 0 Å². The molecule has 2 aromatic rings. The van der Waals surface area contributed by atoms with Crippen molar-refractivity contribution in [1.29, 1.82) is 0 Å². The van der Waals surface area contributed by atoms with Gasteiger partial charge in [-0.05, 0) is 29.7 Å². The van der Waals surface area contributed by atoms with Crippen LogP contribution in [0.1, 0.15) is 42.1 Å². The Kier molecular flexibility index (Phi) is 4.68. The predicted octanol–water partition coefficient (Wildman–Crippen LogP) is 4.93. The summed E-state index contributed by atoms with van der Waals surface area (Å²) in [6.45, 7) is 1.95. The Balaban J connectivity index is 2.24. The molecule has 0 radical (unpaired) electrons. The summed E-state index contributed by atoms with van der Waals surface area (Å²) in [7, 11) is 0. The summed E-state index contributed by atoms with van der Waals surface area (Å²) < 4.78 is 37.6. The third kappa shape index (κ3) is 3.64. The van der Waals surface area contributed by atoms with Crippen molar-refractivity contribution in [3.05, 3.63) is 71.3 Å². The van der Waals surface area contributed by atoms with Crippen molar-refractivity contribution in [3.63, 3.8) is 0 Å². The van der Waals surface area contributed by atoms with Crippen LogP contribution in [-0.4, -0.2) is 5.11 Å². The molecule has 2 atom stereocenters. The second-order valence-electron chi connectivity index (χ2n) is 4.99. The fraction of sp³-hybridized carbons (Fsp3) is 0.294. The van der Waals surface area contributed by atoms with Gasteiger partial charge in [0, 0.05) is 5.92 Å². The molecule has 0 aliphatic carbocycles. The first kappa shape index (κ1) is 15.6. The summed E-state index contributed by atoms with van der Waals surface area (Å²) in [6.07, 6.45) is -4.47. The molecule has 21 heavy (non-hydrogen) atoms. The summed E-state index contributed by atoms with van der Waals surface area (Å²) in [5.41, 5.74) is 0.775. The molecule has 1 nitrogen and oxygen atoms in total. The molecule has 2 aromatic carbocycles. The number of alkyl halides is 3. The predicted molar refractivity (Wildman–Crippen MR) is 75.9 cm³/mol. The monoisotopic (exact) mass is 294 g/mol. The minimum Gasteiger partial charge on any atom is -0.388 e. The smallest absolute Gasteiger partial charge is 0.388 e. The van der Waals surface area contributed by atoms with E-state index >= 15 is 0 Å². The number of aliphatic hydroxyl groups is 1. The van der Waals surface area contributed by atoms with Gasteiger partial charge in [-0.25, -0.2) is 0 Å². The lowest BCUT2D eigenvalue weighted by Gasteiger charge is -2.23. The van der Waals surface area contributed by atoms with Crippen LogP contribution in [0.4, 0.5) is 13.2 Å². The van der Waals surface area contributed by atoms with Gasteiger partial charge < -0.3 is 5.11 Å². The van der Waals surface area contributed by atoms with E-state index in [0.717, 1.165) is 17.7 Å². The fourth-order valence-electron chi connectivity index (χ4n) is 2.44. The van der Waals surface area contributed by atoms with Gasteiger partial charge in [0.05, 0.1) is 11.7 Å². The normalized spacial score (nSPS) is 14.7. The quantitative estimate of drug-likeness (QED) is 0.847. The van der Waals surface area contributed by atoms with Gasteiger partial charge in [0.25, 0.3) is 0 Å². The summed E-state index contributed by atoms with van der Waals surface area (Å²) in [6, 6.07) is 14.2. The van der Waals surface area contributed by atoms with E-state index in [1.807, 2.05) is 37.3 Å². The molecule has 0 aliphatic heterocycles. The first-order valence-electron chi connectivity index (χ1n) is 6.83. The number of halogens is 3. The molecule has 2 rings (SSSR count). The lowest BCUT2D eigenvalue weighted by atomic mass is 9.87. The average Bonchev–Trinajstić information content (AvgIpc) is 2.48. The van der Waals surface area contributed by atoms with Crippen LogP contribution in [0, 0.1) is 0 Å². The summed E-state index contributed by atoms with van der Waals surface area (Å²) in [4.78, 5) is 0. The first-order chi connectivity index (χ1) is 9.93. The van der Waals surface area contributed by atoms with Crippen LogP contribution in [0.3, 0.4) is 0 Å². The number of rotatable bonds is 4. The fourth-order valence-corrected chi connectivity index (χ4v) is 2.44. The van der Waals surface area contributed by atoms with E-state index in [2.05, 4.69) is 0 Å². The highest BCUT2D eigenvalue weighted by atomic mass is 19.4. The van der Waals surface area contributed by atoms with Gasteiger partial charge in [0.15, 0.2) is 0 Å². The second kappa shape index (κ2) is 6.31. The third-order valence-corrected chi connectivity index (χ3v) is 3.63. The molecule has 4 heteroatoms. The van der Waals surface area contributed by atoms with Crippen molar-refractivity contribution >= 4 is 0 Å². The van der Waals surface area contributed by atoms with E-state index in [0.29, 0.717) is 12.0 Å². The highest BCUT2D eigenvalue weighted by molar-refractivity contribution is 5.30. The first-order valence-corrected chi connectivity index (χ1v) is 6.83. The SMILES string of the molecule is CCC(c1ccccc1)C(O)c1ccc(C(F)(F)F)cc1. The Morgan fingerprint density at radius 2 is 1.48 bits per heavy atom. The zero-order valence-electron chi connectivity index (χ0n) is 11.6. The molecule has 0 spiro atoms. The van der Waals surface area contributed by atoms with Gasteiger partial charge in [-0.15, -0.1) is 0 Å². The van der Waals surface area contributed by atoms with Crippen molar-refractivity contribution in [3.8, 4) is 0 Å². The van der Waals surface area contributed by atoms with Crippen LogP contribution >= 0.6 is 0 Å². The maximum absolute atomic E-state index is 12.5. The molecule has 112 valence electrons. The Morgan fingerprint density at radius 1 is 0.905 bits per heavy atom. The molecule has 0 aliphatic rings. The topological polar surface area (TPSA) is 20.2 Å². The molecular weight excluding hydrogens is 277 g/mol. The van der Waals surface area contributed by atoms with Crippen molar-refractivity contribution < 1.29 is 18.3 Å². The minimum absolute atomic E-state index is 0.136. The lowest BCUT2D eigenvalue weighted by Crippen LogP contribution is -2.11. The van der Waals surface area contributed by atoms with E-state index < -0.39 is 17.8 Å². The molecule has 0 fully saturated rings. The highest BCUT2D eigenvalue weighted by Crippen LogP contribution is 2.35. The average molecular weight is 294 g/mol. The van der Waals surface area contributed by atoms with Crippen molar-refractivity contribution in [2.75, 3.05) is 0 Å². The molecule has 0 amide bonds. The molecule has 2 unspecified atom stereocenters. The largest absolute Gasteiger partial charge is 0.416 e. The standard InChI is InChI=1S/C17H17F3O/c1-2-15(12-6-4-3-5-7-12)16(21)13-8-10-14(11-9-13)17(18,19)20/h3-11,15-16,21H,2H2,1H3. The zero-order valence-corrected chi connectivity index (χ0v) is 11.6.